The van der Waals surface area contributed by atoms with Gasteiger partial charge in [0.2, 0.25) is 0 Å². The number of fused-ring (bicyclic) bond motifs is 4. The first-order valence-electron chi connectivity index (χ1n) is 8.77. The second-order valence-corrected chi connectivity index (χ2v) is 6.46. The molecule has 0 atom stereocenters. The lowest BCUT2D eigenvalue weighted by Gasteiger charge is -2.03. The smallest absolute Gasteiger partial charge is 0.344 e. The fraction of sp³-hybridized carbons (Fsp3) is 0. The number of hydrogen-bond acceptors (Lipinski definition) is 5. The van der Waals surface area contributed by atoms with E-state index >= 15 is 0 Å². The maximum atomic E-state index is 12.1. The number of hydrogen-bond donors (Lipinski definition) is 1. The molecule has 2 heterocycles. The Hall–Kier alpha value is -3.99. The summed E-state index contributed by atoms with van der Waals surface area (Å²) in [6, 6.07) is 21.8. The molecule has 5 aromatic rings. The Morgan fingerprint density at radius 2 is 1.75 bits per heavy atom. The Labute approximate surface area is 159 Å². The maximum Gasteiger partial charge on any atom is 0.344 e. The SMILES string of the molecule is O=c1oc2ccc(N=Cc3ccc4cccc(O)c4n3)cc2c2ccccc12. The molecule has 0 aliphatic carbocycles. The van der Waals surface area contributed by atoms with Gasteiger partial charge < -0.3 is 9.52 Å². The van der Waals surface area contributed by atoms with E-state index in [2.05, 4.69) is 9.98 Å². The molecule has 5 nitrogen and oxygen atoms in total. The van der Waals surface area contributed by atoms with Crippen molar-refractivity contribution in [1.29, 1.82) is 0 Å². The standard InChI is InChI=1S/C23H14N2O3/c26-20-7-3-4-14-8-9-16(25-22(14)20)13-24-15-10-11-21-19(12-15)17-5-1-2-6-18(17)23(27)28-21/h1-13,26H. The van der Waals surface area contributed by atoms with E-state index < -0.39 is 0 Å². The van der Waals surface area contributed by atoms with Crippen LogP contribution in [0.2, 0.25) is 0 Å². The van der Waals surface area contributed by atoms with Crippen LogP contribution in [0.25, 0.3) is 32.6 Å². The van der Waals surface area contributed by atoms with E-state index in [-0.39, 0.29) is 11.4 Å². The van der Waals surface area contributed by atoms with Crippen LogP contribution in [0.5, 0.6) is 5.75 Å². The Kier molecular flexibility index (Phi) is 3.66. The monoisotopic (exact) mass is 366 g/mol. The number of pyridine rings is 1. The Morgan fingerprint density at radius 1 is 0.893 bits per heavy atom. The van der Waals surface area contributed by atoms with Crippen LogP contribution in [-0.2, 0) is 0 Å². The van der Waals surface area contributed by atoms with Gasteiger partial charge in [-0.3, -0.25) is 4.99 Å². The average molecular weight is 366 g/mol. The summed E-state index contributed by atoms with van der Waals surface area (Å²) >= 11 is 0. The van der Waals surface area contributed by atoms with Crippen LogP contribution in [0.1, 0.15) is 5.69 Å². The van der Waals surface area contributed by atoms with Crippen molar-refractivity contribution in [3.8, 4) is 5.75 Å². The number of aromatic hydroxyl groups is 1. The van der Waals surface area contributed by atoms with Crippen molar-refractivity contribution in [2.45, 2.75) is 0 Å². The average Bonchev–Trinajstić information content (AvgIpc) is 2.73. The topological polar surface area (TPSA) is 75.7 Å². The summed E-state index contributed by atoms with van der Waals surface area (Å²) in [6.45, 7) is 0. The number of rotatable bonds is 2. The van der Waals surface area contributed by atoms with Crippen LogP contribution in [0.3, 0.4) is 0 Å². The van der Waals surface area contributed by atoms with Gasteiger partial charge in [-0.25, -0.2) is 9.78 Å². The van der Waals surface area contributed by atoms with Crippen LogP contribution in [0.4, 0.5) is 5.69 Å². The highest BCUT2D eigenvalue weighted by Crippen LogP contribution is 2.27. The molecule has 0 spiro atoms. The molecule has 0 saturated carbocycles. The van der Waals surface area contributed by atoms with Gasteiger partial charge in [0.15, 0.2) is 0 Å². The lowest BCUT2D eigenvalue weighted by Crippen LogP contribution is -1.99. The third-order valence-corrected chi connectivity index (χ3v) is 4.67. The van der Waals surface area contributed by atoms with Crippen molar-refractivity contribution in [2.24, 2.45) is 4.99 Å². The highest BCUT2D eigenvalue weighted by molar-refractivity contribution is 6.05. The van der Waals surface area contributed by atoms with Crippen molar-refractivity contribution in [3.63, 3.8) is 0 Å². The van der Waals surface area contributed by atoms with Gasteiger partial charge in [0, 0.05) is 10.8 Å². The molecule has 0 amide bonds. The van der Waals surface area contributed by atoms with Crippen LogP contribution >= 0.6 is 0 Å². The van der Waals surface area contributed by atoms with Gasteiger partial charge >= 0.3 is 5.63 Å². The molecule has 2 aromatic heterocycles. The van der Waals surface area contributed by atoms with Crippen LogP contribution in [-0.4, -0.2) is 16.3 Å². The minimum Gasteiger partial charge on any atom is -0.506 e. The first-order valence-corrected chi connectivity index (χ1v) is 8.77. The fourth-order valence-electron chi connectivity index (χ4n) is 3.31. The van der Waals surface area contributed by atoms with Gasteiger partial charge in [-0.15, -0.1) is 0 Å². The number of para-hydroxylation sites is 1. The van der Waals surface area contributed by atoms with E-state index in [1.807, 2.05) is 42.5 Å². The summed E-state index contributed by atoms with van der Waals surface area (Å²) in [5.41, 5.74) is 2.07. The molecule has 3 aromatic carbocycles. The van der Waals surface area contributed by atoms with Gasteiger partial charge in [0.05, 0.1) is 23.0 Å². The Bertz CT molecular complexity index is 1450. The number of aromatic nitrogens is 1. The van der Waals surface area contributed by atoms with E-state index in [0.29, 0.717) is 27.9 Å². The zero-order valence-electron chi connectivity index (χ0n) is 14.7. The van der Waals surface area contributed by atoms with Crippen molar-refractivity contribution in [3.05, 3.63) is 88.9 Å². The van der Waals surface area contributed by atoms with Crippen molar-refractivity contribution in [2.75, 3.05) is 0 Å². The predicted octanol–water partition coefficient (Wildman–Crippen LogP) is 4.95. The first kappa shape index (κ1) is 16.2. The predicted molar refractivity (Wildman–Crippen MR) is 111 cm³/mol. The largest absolute Gasteiger partial charge is 0.506 e. The molecule has 0 unspecified atom stereocenters. The third kappa shape index (κ3) is 2.70. The van der Waals surface area contributed by atoms with Crippen molar-refractivity contribution >= 4 is 44.5 Å². The summed E-state index contributed by atoms with van der Waals surface area (Å²) in [6.07, 6.45) is 1.65. The van der Waals surface area contributed by atoms with E-state index in [1.54, 1.807) is 36.5 Å². The number of aliphatic imine (C=N–C) groups is 1. The van der Waals surface area contributed by atoms with Crippen LogP contribution in [0.15, 0.2) is 87.0 Å². The quantitative estimate of drug-likeness (QED) is 0.272. The van der Waals surface area contributed by atoms with Crippen LogP contribution in [0, 0.1) is 0 Å². The maximum absolute atomic E-state index is 12.1. The Balaban J connectivity index is 1.60. The fourth-order valence-corrected chi connectivity index (χ4v) is 3.31. The number of nitrogens with zero attached hydrogens (tertiary/aromatic N) is 2. The molecule has 28 heavy (non-hydrogen) atoms. The van der Waals surface area contributed by atoms with Gasteiger partial charge in [-0.1, -0.05) is 36.4 Å². The molecule has 0 aliphatic heterocycles. The normalized spacial score (nSPS) is 11.7. The van der Waals surface area contributed by atoms with Gasteiger partial charge in [0.25, 0.3) is 0 Å². The zero-order chi connectivity index (χ0) is 19.1. The molecule has 5 rings (SSSR count). The first-order chi connectivity index (χ1) is 13.7. The molecule has 0 aliphatic rings. The summed E-state index contributed by atoms with van der Waals surface area (Å²) in [5, 5.41) is 13.0. The molecule has 5 heteroatoms. The molecular weight excluding hydrogens is 352 g/mol. The summed E-state index contributed by atoms with van der Waals surface area (Å²) in [4.78, 5) is 21.1. The van der Waals surface area contributed by atoms with E-state index in [1.165, 1.54) is 0 Å². The highest BCUT2D eigenvalue weighted by Gasteiger charge is 2.07. The number of phenolic OH excluding ortho intramolecular Hbond substituents is 1. The lowest BCUT2D eigenvalue weighted by atomic mass is 10.1. The van der Waals surface area contributed by atoms with Gasteiger partial charge in [-0.05, 0) is 41.8 Å². The molecular formula is C23H14N2O3. The Morgan fingerprint density at radius 3 is 2.64 bits per heavy atom. The van der Waals surface area contributed by atoms with E-state index in [0.717, 1.165) is 16.2 Å². The number of phenols is 1. The molecule has 1 N–H and O–H groups in total. The van der Waals surface area contributed by atoms with E-state index in [4.69, 9.17) is 4.42 Å². The lowest BCUT2D eigenvalue weighted by molar-refractivity contribution is 0.480. The highest BCUT2D eigenvalue weighted by atomic mass is 16.4. The zero-order valence-corrected chi connectivity index (χ0v) is 14.7. The van der Waals surface area contributed by atoms with Crippen LogP contribution < -0.4 is 5.63 Å². The molecule has 0 bridgehead atoms. The minimum absolute atomic E-state index is 0.139. The number of benzene rings is 3. The molecule has 0 radical (unpaired) electrons. The molecule has 134 valence electrons. The van der Waals surface area contributed by atoms with Gasteiger partial charge in [-0.2, -0.15) is 0 Å². The second-order valence-electron chi connectivity index (χ2n) is 6.46. The van der Waals surface area contributed by atoms with Crippen molar-refractivity contribution in [1.82, 2.24) is 4.98 Å². The summed E-state index contributed by atoms with van der Waals surface area (Å²) < 4.78 is 5.41. The van der Waals surface area contributed by atoms with E-state index in [9.17, 15) is 9.90 Å². The molecule has 0 saturated heterocycles. The minimum atomic E-state index is -0.348. The van der Waals surface area contributed by atoms with Crippen molar-refractivity contribution < 1.29 is 9.52 Å². The third-order valence-electron chi connectivity index (χ3n) is 4.67. The summed E-state index contributed by atoms with van der Waals surface area (Å²) in [5.74, 6) is 0.139. The second kappa shape index (κ2) is 6.32. The summed E-state index contributed by atoms with van der Waals surface area (Å²) in [7, 11) is 0. The van der Waals surface area contributed by atoms with Gasteiger partial charge in [0.1, 0.15) is 16.8 Å². The molecule has 0 fully saturated rings.